The van der Waals surface area contributed by atoms with Crippen LogP contribution < -0.4 is 5.32 Å². The highest BCUT2D eigenvalue weighted by molar-refractivity contribution is 7.17. The van der Waals surface area contributed by atoms with E-state index in [1.54, 1.807) is 11.3 Å². The summed E-state index contributed by atoms with van der Waals surface area (Å²) in [4.78, 5) is -0.905. The Morgan fingerprint density at radius 3 is 2.74 bits per heavy atom. The normalized spacial score (nSPS) is 16.7. The van der Waals surface area contributed by atoms with E-state index in [0.717, 1.165) is 17.5 Å². The number of benzene rings is 1. The topological polar surface area (TPSA) is 32.3 Å². The van der Waals surface area contributed by atoms with Gasteiger partial charge in [-0.1, -0.05) is 13.0 Å². The van der Waals surface area contributed by atoms with E-state index < -0.39 is 10.4 Å². The van der Waals surface area contributed by atoms with Gasteiger partial charge in [0.1, 0.15) is 10.4 Å². The van der Waals surface area contributed by atoms with E-state index in [4.69, 9.17) is 23.2 Å². The van der Waals surface area contributed by atoms with Crippen LogP contribution in [0.25, 0.3) is 10.1 Å². The summed E-state index contributed by atoms with van der Waals surface area (Å²) < 4.78 is 1.18. The molecule has 0 bridgehead atoms. The molecule has 0 aliphatic rings. The maximum atomic E-state index is 10.9. The van der Waals surface area contributed by atoms with Crippen molar-refractivity contribution < 1.29 is 5.11 Å². The summed E-state index contributed by atoms with van der Waals surface area (Å²) in [5.41, 5.74) is -0.572. The molecule has 0 aliphatic heterocycles. The van der Waals surface area contributed by atoms with Gasteiger partial charge in [-0.05, 0) is 48.0 Å². The number of nitrogens with one attached hydrogen (secondary N) is 1. The molecular formula is C14H17Cl2NOS. The molecule has 19 heavy (non-hydrogen) atoms. The van der Waals surface area contributed by atoms with Crippen LogP contribution in [-0.2, 0) is 5.60 Å². The SMILES string of the molecule is CCNC(C)C(O)(c1ccc2sccc2c1)C(Cl)Cl. The molecule has 0 saturated carbocycles. The largest absolute Gasteiger partial charge is 0.381 e. The first kappa shape index (κ1) is 15.1. The average Bonchev–Trinajstić information content (AvgIpc) is 2.84. The maximum Gasteiger partial charge on any atom is 0.142 e. The Kier molecular flexibility index (Phi) is 4.75. The van der Waals surface area contributed by atoms with E-state index in [9.17, 15) is 5.11 Å². The van der Waals surface area contributed by atoms with E-state index >= 15 is 0 Å². The first-order valence-corrected chi connectivity index (χ1v) is 7.97. The molecule has 2 rings (SSSR count). The average molecular weight is 318 g/mol. The van der Waals surface area contributed by atoms with Gasteiger partial charge in [-0.2, -0.15) is 0 Å². The molecule has 2 aromatic rings. The minimum Gasteiger partial charge on any atom is -0.381 e. The van der Waals surface area contributed by atoms with Crippen molar-refractivity contribution in [1.82, 2.24) is 5.32 Å². The van der Waals surface area contributed by atoms with Crippen LogP contribution in [0, 0.1) is 0 Å². The highest BCUT2D eigenvalue weighted by Gasteiger charge is 2.41. The van der Waals surface area contributed by atoms with Gasteiger partial charge in [0.15, 0.2) is 0 Å². The second-order valence-corrected chi connectivity index (χ2v) is 6.62. The molecular weight excluding hydrogens is 301 g/mol. The summed E-state index contributed by atoms with van der Waals surface area (Å²) in [7, 11) is 0. The lowest BCUT2D eigenvalue weighted by Gasteiger charge is -2.36. The second-order valence-electron chi connectivity index (χ2n) is 4.58. The molecule has 5 heteroatoms. The summed E-state index contributed by atoms with van der Waals surface area (Å²) in [6.07, 6.45) is 0. The number of thiophene rings is 1. The Morgan fingerprint density at radius 2 is 2.11 bits per heavy atom. The Balaban J connectivity index is 2.47. The Morgan fingerprint density at radius 1 is 1.37 bits per heavy atom. The summed E-state index contributed by atoms with van der Waals surface area (Å²) in [5, 5.41) is 17.2. The molecule has 2 N–H and O–H groups in total. The first-order chi connectivity index (χ1) is 9.00. The van der Waals surface area contributed by atoms with Gasteiger partial charge < -0.3 is 10.4 Å². The highest BCUT2D eigenvalue weighted by atomic mass is 35.5. The molecule has 1 heterocycles. The van der Waals surface area contributed by atoms with Crippen LogP contribution in [-0.4, -0.2) is 22.5 Å². The zero-order chi connectivity index (χ0) is 14.0. The molecule has 0 fully saturated rings. The molecule has 0 radical (unpaired) electrons. The predicted molar refractivity (Wildman–Crippen MR) is 84.4 cm³/mol. The predicted octanol–water partition coefficient (Wildman–Crippen LogP) is 3.89. The number of hydrogen-bond acceptors (Lipinski definition) is 3. The van der Waals surface area contributed by atoms with Crippen LogP contribution in [0.2, 0.25) is 0 Å². The summed E-state index contributed by atoms with van der Waals surface area (Å²) in [5.74, 6) is 0. The molecule has 2 unspecified atom stereocenters. The Labute approximate surface area is 127 Å². The Hall–Kier alpha value is -0.320. The lowest BCUT2D eigenvalue weighted by molar-refractivity contribution is 0.0164. The van der Waals surface area contributed by atoms with Crippen molar-refractivity contribution >= 4 is 44.6 Å². The molecule has 104 valence electrons. The van der Waals surface area contributed by atoms with E-state index in [2.05, 4.69) is 5.32 Å². The number of fused-ring (bicyclic) bond motifs is 1. The van der Waals surface area contributed by atoms with Crippen LogP contribution in [0.1, 0.15) is 19.4 Å². The number of rotatable bonds is 5. The van der Waals surface area contributed by atoms with Crippen molar-refractivity contribution in [2.75, 3.05) is 6.54 Å². The molecule has 1 aromatic heterocycles. The molecule has 2 nitrogen and oxygen atoms in total. The van der Waals surface area contributed by atoms with Crippen LogP contribution in [0.15, 0.2) is 29.6 Å². The van der Waals surface area contributed by atoms with Crippen LogP contribution >= 0.6 is 34.5 Å². The van der Waals surface area contributed by atoms with Gasteiger partial charge >= 0.3 is 0 Å². The molecule has 0 spiro atoms. The lowest BCUT2D eigenvalue weighted by Crippen LogP contribution is -2.50. The fourth-order valence-electron chi connectivity index (χ4n) is 2.24. The van der Waals surface area contributed by atoms with Crippen LogP contribution in [0.4, 0.5) is 0 Å². The number of alkyl halides is 2. The smallest absolute Gasteiger partial charge is 0.142 e. The van der Waals surface area contributed by atoms with E-state index in [1.165, 1.54) is 4.70 Å². The number of likely N-dealkylation sites (N-methyl/N-ethyl adjacent to an activating group) is 1. The van der Waals surface area contributed by atoms with Crippen molar-refractivity contribution in [3.63, 3.8) is 0 Å². The molecule has 0 amide bonds. The quantitative estimate of drug-likeness (QED) is 0.820. The maximum absolute atomic E-state index is 10.9. The number of aliphatic hydroxyl groups is 1. The van der Waals surface area contributed by atoms with Crippen molar-refractivity contribution in [2.24, 2.45) is 0 Å². The van der Waals surface area contributed by atoms with Gasteiger partial charge in [0.2, 0.25) is 0 Å². The lowest BCUT2D eigenvalue weighted by atomic mass is 9.88. The molecule has 0 aliphatic carbocycles. The Bertz CT molecular complexity index is 557. The molecule has 1 aromatic carbocycles. The zero-order valence-corrected chi connectivity index (χ0v) is 13.2. The second kappa shape index (κ2) is 5.98. The van der Waals surface area contributed by atoms with Crippen molar-refractivity contribution in [3.8, 4) is 0 Å². The number of halogens is 2. The van der Waals surface area contributed by atoms with E-state index in [-0.39, 0.29) is 6.04 Å². The summed E-state index contributed by atoms with van der Waals surface area (Å²) in [6.45, 7) is 4.61. The monoisotopic (exact) mass is 317 g/mol. The first-order valence-electron chi connectivity index (χ1n) is 6.21. The third-order valence-corrected chi connectivity index (χ3v) is 4.98. The van der Waals surface area contributed by atoms with Gasteiger partial charge in [0.05, 0.1) is 0 Å². The van der Waals surface area contributed by atoms with Crippen LogP contribution in [0.5, 0.6) is 0 Å². The van der Waals surface area contributed by atoms with Gasteiger partial charge in [0.25, 0.3) is 0 Å². The molecule has 0 saturated heterocycles. The highest BCUT2D eigenvalue weighted by Crippen LogP contribution is 2.36. The summed E-state index contributed by atoms with van der Waals surface area (Å²) in [6, 6.07) is 7.63. The zero-order valence-electron chi connectivity index (χ0n) is 10.9. The van der Waals surface area contributed by atoms with Crippen LogP contribution in [0.3, 0.4) is 0 Å². The third-order valence-electron chi connectivity index (χ3n) is 3.42. The fourth-order valence-corrected chi connectivity index (χ4v) is 3.64. The standard InChI is InChI=1S/C14H17Cl2NOS/c1-3-17-9(2)14(18,13(15)16)11-4-5-12-10(8-11)6-7-19-12/h4-9,13,17-18H,3H2,1-2H3. The van der Waals surface area contributed by atoms with Gasteiger partial charge in [-0.15, -0.1) is 34.5 Å². The third kappa shape index (κ3) is 2.76. The minimum absolute atomic E-state index is 0.242. The van der Waals surface area contributed by atoms with Crippen molar-refractivity contribution in [3.05, 3.63) is 35.2 Å². The van der Waals surface area contributed by atoms with Crippen molar-refractivity contribution in [2.45, 2.75) is 30.3 Å². The molecule has 2 atom stereocenters. The summed E-state index contributed by atoms with van der Waals surface area (Å²) >= 11 is 13.8. The van der Waals surface area contributed by atoms with E-state index in [1.807, 2.05) is 43.5 Å². The van der Waals surface area contributed by atoms with Gasteiger partial charge in [-0.25, -0.2) is 0 Å². The van der Waals surface area contributed by atoms with Crippen molar-refractivity contribution in [1.29, 1.82) is 0 Å². The fraction of sp³-hybridized carbons (Fsp3) is 0.429. The van der Waals surface area contributed by atoms with Gasteiger partial charge in [-0.3, -0.25) is 0 Å². The number of hydrogen-bond donors (Lipinski definition) is 2. The van der Waals surface area contributed by atoms with E-state index in [0.29, 0.717) is 0 Å². The minimum atomic E-state index is -1.31. The van der Waals surface area contributed by atoms with Gasteiger partial charge in [0, 0.05) is 10.7 Å².